The van der Waals surface area contributed by atoms with E-state index in [9.17, 15) is 0 Å². The van der Waals surface area contributed by atoms with Crippen LogP contribution in [0.1, 0.15) is 25.2 Å². The molecule has 1 aromatic heterocycles. The highest BCUT2D eigenvalue weighted by Crippen LogP contribution is 2.13. The van der Waals surface area contributed by atoms with Gasteiger partial charge in [0.15, 0.2) is 5.11 Å². The van der Waals surface area contributed by atoms with Crippen LogP contribution in [0.5, 0.6) is 0 Å². The van der Waals surface area contributed by atoms with Gasteiger partial charge in [0.05, 0.1) is 23.2 Å². The highest BCUT2D eigenvalue weighted by atomic mass is 32.1. The molecule has 0 amide bonds. The molecule has 0 bridgehead atoms. The Morgan fingerprint density at radius 1 is 1.12 bits per heavy atom. The van der Waals surface area contributed by atoms with E-state index in [1.54, 1.807) is 0 Å². The minimum atomic E-state index is 0.255. The quantitative estimate of drug-likeness (QED) is 0.375. The number of rotatable bonds is 5. The number of imidazole rings is 1. The number of para-hydroxylation sites is 2. The van der Waals surface area contributed by atoms with Crippen LogP contribution in [0, 0.1) is 0 Å². The molecular formula is C19H21N5S. The van der Waals surface area contributed by atoms with E-state index in [4.69, 9.17) is 12.2 Å². The van der Waals surface area contributed by atoms with E-state index in [2.05, 4.69) is 25.8 Å². The molecule has 0 saturated carbocycles. The molecule has 128 valence electrons. The lowest BCUT2D eigenvalue weighted by molar-refractivity contribution is 0.719. The third-order valence-electron chi connectivity index (χ3n) is 3.59. The zero-order valence-corrected chi connectivity index (χ0v) is 15.1. The summed E-state index contributed by atoms with van der Waals surface area (Å²) in [4.78, 5) is 7.99. The van der Waals surface area contributed by atoms with Crippen LogP contribution in [0.25, 0.3) is 11.0 Å². The molecule has 6 heteroatoms. The van der Waals surface area contributed by atoms with E-state index < -0.39 is 0 Å². The Morgan fingerprint density at radius 2 is 1.84 bits per heavy atom. The van der Waals surface area contributed by atoms with E-state index in [-0.39, 0.29) is 6.04 Å². The van der Waals surface area contributed by atoms with Crippen molar-refractivity contribution in [1.29, 1.82) is 0 Å². The number of fused-ring (bicyclic) bond motifs is 1. The predicted molar refractivity (Wildman–Crippen MR) is 107 cm³/mol. The second kappa shape index (κ2) is 7.90. The zero-order chi connectivity index (χ0) is 17.6. The van der Waals surface area contributed by atoms with Gasteiger partial charge in [-0.05, 0) is 43.8 Å². The van der Waals surface area contributed by atoms with Crippen molar-refractivity contribution in [2.24, 2.45) is 5.10 Å². The zero-order valence-electron chi connectivity index (χ0n) is 14.3. The fraction of sp³-hybridized carbons (Fsp3) is 0.211. The summed E-state index contributed by atoms with van der Waals surface area (Å²) < 4.78 is 0. The van der Waals surface area contributed by atoms with E-state index in [0.29, 0.717) is 11.5 Å². The van der Waals surface area contributed by atoms with Crippen LogP contribution in [0.2, 0.25) is 0 Å². The Kier molecular flexibility index (Phi) is 5.40. The topological polar surface area (TPSA) is 65.1 Å². The molecule has 0 aliphatic rings. The van der Waals surface area contributed by atoms with Gasteiger partial charge in [-0.3, -0.25) is 5.43 Å². The molecule has 0 aliphatic carbocycles. The van der Waals surface area contributed by atoms with Crippen LogP contribution in [-0.4, -0.2) is 26.8 Å². The number of thiocarbonyl (C=S) groups is 1. The second-order valence-corrected chi connectivity index (χ2v) is 6.45. The number of hydrazone groups is 1. The largest absolute Gasteiger partial charge is 0.359 e. The van der Waals surface area contributed by atoms with Gasteiger partial charge >= 0.3 is 0 Å². The molecule has 2 aromatic carbocycles. The van der Waals surface area contributed by atoms with Crippen molar-refractivity contribution in [3.8, 4) is 0 Å². The average Bonchev–Trinajstić information content (AvgIpc) is 3.01. The van der Waals surface area contributed by atoms with Crippen molar-refractivity contribution in [1.82, 2.24) is 20.7 Å². The Labute approximate surface area is 152 Å². The molecule has 0 fully saturated rings. The molecule has 3 rings (SSSR count). The Bertz CT molecular complexity index is 850. The van der Waals surface area contributed by atoms with E-state index in [1.165, 1.54) is 0 Å². The van der Waals surface area contributed by atoms with Gasteiger partial charge < -0.3 is 10.3 Å². The van der Waals surface area contributed by atoms with Gasteiger partial charge in [-0.1, -0.05) is 42.5 Å². The summed E-state index contributed by atoms with van der Waals surface area (Å²) >= 11 is 5.26. The molecular weight excluding hydrogens is 330 g/mol. The lowest BCUT2D eigenvalue weighted by atomic mass is 10.1. The van der Waals surface area contributed by atoms with Crippen LogP contribution in [-0.2, 0) is 6.42 Å². The van der Waals surface area contributed by atoms with Gasteiger partial charge in [-0.15, -0.1) is 0 Å². The first-order chi connectivity index (χ1) is 12.1. The average molecular weight is 351 g/mol. The van der Waals surface area contributed by atoms with Crippen LogP contribution in [0.15, 0.2) is 59.7 Å². The maximum atomic E-state index is 5.26. The second-order valence-electron chi connectivity index (χ2n) is 6.04. The maximum Gasteiger partial charge on any atom is 0.187 e. The maximum absolute atomic E-state index is 5.26. The van der Waals surface area contributed by atoms with Crippen molar-refractivity contribution < 1.29 is 0 Å². The highest BCUT2D eigenvalue weighted by Gasteiger charge is 2.09. The van der Waals surface area contributed by atoms with Crippen LogP contribution < -0.4 is 10.7 Å². The van der Waals surface area contributed by atoms with Gasteiger partial charge in [-0.2, -0.15) is 5.10 Å². The van der Waals surface area contributed by atoms with Crippen molar-refractivity contribution in [3.05, 3.63) is 66.0 Å². The summed E-state index contributed by atoms with van der Waals surface area (Å²) in [7, 11) is 0. The number of nitrogens with zero attached hydrogens (tertiary/aromatic N) is 2. The molecule has 3 N–H and O–H groups in total. The van der Waals surface area contributed by atoms with E-state index >= 15 is 0 Å². The number of aromatic amines is 1. The molecule has 0 unspecified atom stereocenters. The van der Waals surface area contributed by atoms with Gasteiger partial charge in [0.2, 0.25) is 0 Å². The molecule has 3 aromatic rings. The van der Waals surface area contributed by atoms with Crippen molar-refractivity contribution in [2.45, 2.75) is 26.3 Å². The van der Waals surface area contributed by atoms with Crippen molar-refractivity contribution in [2.75, 3.05) is 0 Å². The van der Waals surface area contributed by atoms with Crippen molar-refractivity contribution >= 4 is 34.1 Å². The summed E-state index contributed by atoms with van der Waals surface area (Å²) in [5.74, 6) is 0.869. The molecule has 0 aliphatic heterocycles. The molecule has 0 spiro atoms. The number of H-pyrrole nitrogens is 1. The lowest BCUT2D eigenvalue weighted by Crippen LogP contribution is -2.37. The summed E-state index contributed by atoms with van der Waals surface area (Å²) in [6.45, 7) is 4.06. The van der Waals surface area contributed by atoms with Gasteiger partial charge in [0.1, 0.15) is 5.82 Å². The fourth-order valence-corrected chi connectivity index (χ4v) is 2.78. The standard InChI is InChI=1S/C19H21N5S/c1-13(2)20-19(25)24-23-17(14-8-4-3-5-9-14)12-18-21-15-10-6-7-11-16(15)22-18/h3-11,13H,12H2,1-2H3,(H,21,22)(H2,20,24,25)/b23-17+. The summed E-state index contributed by atoms with van der Waals surface area (Å²) in [6, 6.07) is 18.3. The smallest absolute Gasteiger partial charge is 0.187 e. The summed E-state index contributed by atoms with van der Waals surface area (Å²) in [5.41, 5.74) is 6.81. The third-order valence-corrected chi connectivity index (χ3v) is 3.80. The Hall–Kier alpha value is -2.73. The van der Waals surface area contributed by atoms with E-state index in [0.717, 1.165) is 28.1 Å². The first kappa shape index (κ1) is 17.1. The monoisotopic (exact) mass is 351 g/mol. The van der Waals surface area contributed by atoms with Crippen LogP contribution in [0.3, 0.4) is 0 Å². The summed E-state index contributed by atoms with van der Waals surface area (Å²) in [6.07, 6.45) is 0.579. The number of benzene rings is 2. The highest BCUT2D eigenvalue weighted by molar-refractivity contribution is 7.80. The Balaban J connectivity index is 1.84. The normalized spacial score (nSPS) is 11.7. The molecule has 5 nitrogen and oxygen atoms in total. The third kappa shape index (κ3) is 4.64. The number of hydrogen-bond acceptors (Lipinski definition) is 3. The van der Waals surface area contributed by atoms with Gasteiger partial charge in [0, 0.05) is 6.04 Å². The minimum absolute atomic E-state index is 0.255. The fourth-order valence-electron chi connectivity index (χ4n) is 2.50. The molecule has 0 radical (unpaired) electrons. The number of hydrogen-bond donors (Lipinski definition) is 3. The predicted octanol–water partition coefficient (Wildman–Crippen LogP) is 3.38. The van der Waals surface area contributed by atoms with Gasteiger partial charge in [0.25, 0.3) is 0 Å². The SMILES string of the molecule is CC(C)NC(=S)N/N=C(\Cc1nc2ccccc2[nH]1)c1ccccc1. The van der Waals surface area contributed by atoms with Crippen LogP contribution in [0.4, 0.5) is 0 Å². The first-order valence-electron chi connectivity index (χ1n) is 8.24. The Morgan fingerprint density at radius 3 is 2.56 bits per heavy atom. The molecule has 0 saturated heterocycles. The number of nitrogens with one attached hydrogen (secondary N) is 3. The van der Waals surface area contributed by atoms with Crippen LogP contribution >= 0.6 is 12.2 Å². The molecule has 25 heavy (non-hydrogen) atoms. The van der Waals surface area contributed by atoms with Crippen molar-refractivity contribution in [3.63, 3.8) is 0 Å². The van der Waals surface area contributed by atoms with Gasteiger partial charge in [-0.25, -0.2) is 4.98 Å². The molecule has 0 atom stereocenters. The number of aromatic nitrogens is 2. The lowest BCUT2D eigenvalue weighted by Gasteiger charge is -2.11. The summed E-state index contributed by atoms with van der Waals surface area (Å²) in [5, 5.41) is 8.15. The van der Waals surface area contributed by atoms with E-state index in [1.807, 2.05) is 68.4 Å². The molecule has 1 heterocycles. The first-order valence-corrected chi connectivity index (χ1v) is 8.65. The minimum Gasteiger partial charge on any atom is -0.359 e.